The SMILES string of the molecule is COc1ccc(Cc2nncn2CCc2ccccc2)cc1. The van der Waals surface area contributed by atoms with Gasteiger partial charge in [0.2, 0.25) is 0 Å². The van der Waals surface area contributed by atoms with Crippen molar-refractivity contribution >= 4 is 0 Å². The second kappa shape index (κ2) is 6.89. The Kier molecular flexibility index (Phi) is 4.49. The molecule has 0 bridgehead atoms. The first-order valence-corrected chi connectivity index (χ1v) is 7.38. The van der Waals surface area contributed by atoms with Crippen molar-refractivity contribution in [2.75, 3.05) is 7.11 Å². The molecular formula is C18H19N3O. The third-order valence-corrected chi connectivity index (χ3v) is 3.70. The monoisotopic (exact) mass is 293 g/mol. The van der Waals surface area contributed by atoms with Crippen molar-refractivity contribution in [1.29, 1.82) is 0 Å². The van der Waals surface area contributed by atoms with Crippen molar-refractivity contribution in [3.63, 3.8) is 0 Å². The van der Waals surface area contributed by atoms with E-state index in [-0.39, 0.29) is 0 Å². The number of methoxy groups -OCH3 is 1. The van der Waals surface area contributed by atoms with E-state index >= 15 is 0 Å². The molecule has 1 aromatic heterocycles. The lowest BCUT2D eigenvalue weighted by Crippen LogP contribution is -2.06. The van der Waals surface area contributed by atoms with Gasteiger partial charge in [-0.3, -0.25) is 0 Å². The smallest absolute Gasteiger partial charge is 0.137 e. The van der Waals surface area contributed by atoms with Crippen molar-refractivity contribution in [2.24, 2.45) is 0 Å². The zero-order valence-corrected chi connectivity index (χ0v) is 12.6. The fraction of sp³-hybridized carbons (Fsp3) is 0.222. The summed E-state index contributed by atoms with van der Waals surface area (Å²) in [5.41, 5.74) is 2.53. The summed E-state index contributed by atoms with van der Waals surface area (Å²) in [6, 6.07) is 18.5. The molecule has 0 spiro atoms. The van der Waals surface area contributed by atoms with Gasteiger partial charge in [0.1, 0.15) is 17.9 Å². The molecule has 0 saturated carbocycles. The van der Waals surface area contributed by atoms with E-state index < -0.39 is 0 Å². The molecular weight excluding hydrogens is 274 g/mol. The van der Waals surface area contributed by atoms with Crippen LogP contribution in [0.3, 0.4) is 0 Å². The molecule has 0 aliphatic rings. The van der Waals surface area contributed by atoms with Crippen LogP contribution >= 0.6 is 0 Å². The number of nitrogens with zero attached hydrogens (tertiary/aromatic N) is 3. The first-order chi connectivity index (χ1) is 10.8. The Morgan fingerprint density at radius 2 is 1.73 bits per heavy atom. The quantitative estimate of drug-likeness (QED) is 0.701. The van der Waals surface area contributed by atoms with Crippen LogP contribution in [-0.4, -0.2) is 21.9 Å². The predicted octanol–water partition coefficient (Wildman–Crippen LogP) is 3.12. The maximum Gasteiger partial charge on any atom is 0.137 e. The second-order valence-corrected chi connectivity index (χ2v) is 5.20. The number of rotatable bonds is 6. The number of hydrogen-bond acceptors (Lipinski definition) is 3. The fourth-order valence-electron chi connectivity index (χ4n) is 2.42. The molecule has 0 radical (unpaired) electrons. The molecule has 0 atom stereocenters. The summed E-state index contributed by atoms with van der Waals surface area (Å²) < 4.78 is 7.30. The van der Waals surface area contributed by atoms with Crippen LogP contribution in [0.5, 0.6) is 5.75 Å². The van der Waals surface area contributed by atoms with Gasteiger partial charge in [0, 0.05) is 13.0 Å². The minimum atomic E-state index is 0.777. The van der Waals surface area contributed by atoms with Crippen LogP contribution in [0.4, 0.5) is 0 Å². The zero-order valence-electron chi connectivity index (χ0n) is 12.6. The van der Waals surface area contributed by atoms with Crippen molar-refractivity contribution < 1.29 is 4.74 Å². The summed E-state index contributed by atoms with van der Waals surface area (Å²) in [5.74, 6) is 1.86. The number of hydrogen-bond donors (Lipinski definition) is 0. The lowest BCUT2D eigenvalue weighted by Gasteiger charge is -2.07. The van der Waals surface area contributed by atoms with Crippen LogP contribution in [0.25, 0.3) is 0 Å². The lowest BCUT2D eigenvalue weighted by molar-refractivity contribution is 0.414. The molecule has 0 unspecified atom stereocenters. The van der Waals surface area contributed by atoms with Gasteiger partial charge in [-0.1, -0.05) is 42.5 Å². The Hall–Kier alpha value is -2.62. The first kappa shape index (κ1) is 14.3. The van der Waals surface area contributed by atoms with Gasteiger partial charge >= 0.3 is 0 Å². The topological polar surface area (TPSA) is 39.9 Å². The van der Waals surface area contributed by atoms with Gasteiger partial charge in [-0.15, -0.1) is 10.2 Å². The third-order valence-electron chi connectivity index (χ3n) is 3.70. The Balaban J connectivity index is 1.66. The predicted molar refractivity (Wildman–Crippen MR) is 86.0 cm³/mol. The lowest BCUT2D eigenvalue weighted by atomic mass is 10.1. The number of ether oxygens (including phenoxy) is 1. The number of aromatic nitrogens is 3. The van der Waals surface area contributed by atoms with E-state index in [2.05, 4.69) is 51.2 Å². The van der Waals surface area contributed by atoms with E-state index in [0.29, 0.717) is 0 Å². The molecule has 3 rings (SSSR count). The molecule has 112 valence electrons. The van der Waals surface area contributed by atoms with Crippen LogP contribution in [0, 0.1) is 0 Å². The average Bonchev–Trinajstić information content (AvgIpc) is 3.02. The molecule has 4 nitrogen and oxygen atoms in total. The molecule has 4 heteroatoms. The van der Waals surface area contributed by atoms with Gasteiger partial charge in [-0.2, -0.15) is 0 Å². The Morgan fingerprint density at radius 1 is 0.955 bits per heavy atom. The van der Waals surface area contributed by atoms with Crippen LogP contribution in [0.1, 0.15) is 17.0 Å². The summed E-state index contributed by atoms with van der Waals surface area (Å²) in [4.78, 5) is 0. The van der Waals surface area contributed by atoms with E-state index in [1.165, 1.54) is 11.1 Å². The van der Waals surface area contributed by atoms with Gasteiger partial charge in [0.15, 0.2) is 0 Å². The summed E-state index contributed by atoms with van der Waals surface area (Å²) in [6.07, 6.45) is 3.56. The Morgan fingerprint density at radius 3 is 2.45 bits per heavy atom. The van der Waals surface area contributed by atoms with Gasteiger partial charge < -0.3 is 9.30 Å². The standard InChI is InChI=1S/C18H19N3O/c1-22-17-9-7-16(8-10-17)13-18-20-19-14-21(18)12-11-15-5-3-2-4-6-15/h2-10,14H,11-13H2,1H3. The number of aryl methyl sites for hydroxylation is 2. The summed E-state index contributed by atoms with van der Waals surface area (Å²) in [6.45, 7) is 0.891. The molecule has 1 heterocycles. The maximum atomic E-state index is 5.18. The van der Waals surface area contributed by atoms with Gasteiger partial charge in [0.25, 0.3) is 0 Å². The average molecular weight is 293 g/mol. The highest BCUT2D eigenvalue weighted by Crippen LogP contribution is 2.14. The molecule has 3 aromatic rings. The van der Waals surface area contributed by atoms with Crippen LogP contribution in [0.2, 0.25) is 0 Å². The third kappa shape index (κ3) is 3.52. The van der Waals surface area contributed by atoms with Crippen molar-refractivity contribution in [1.82, 2.24) is 14.8 Å². The normalized spacial score (nSPS) is 10.6. The summed E-state index contributed by atoms with van der Waals surface area (Å²) in [7, 11) is 1.68. The summed E-state index contributed by atoms with van der Waals surface area (Å²) in [5, 5.41) is 8.30. The van der Waals surface area contributed by atoms with E-state index in [9.17, 15) is 0 Å². The molecule has 22 heavy (non-hydrogen) atoms. The van der Waals surface area contributed by atoms with Crippen LogP contribution in [0.15, 0.2) is 60.9 Å². The second-order valence-electron chi connectivity index (χ2n) is 5.20. The first-order valence-electron chi connectivity index (χ1n) is 7.38. The Bertz CT molecular complexity index is 705. The highest BCUT2D eigenvalue weighted by Gasteiger charge is 2.06. The van der Waals surface area contributed by atoms with Gasteiger partial charge in [-0.25, -0.2) is 0 Å². The largest absolute Gasteiger partial charge is 0.497 e. The minimum absolute atomic E-state index is 0.777. The maximum absolute atomic E-state index is 5.18. The molecule has 0 saturated heterocycles. The van der Waals surface area contributed by atoms with E-state index in [0.717, 1.165) is 31.0 Å². The molecule has 0 aliphatic carbocycles. The molecule has 0 fully saturated rings. The van der Waals surface area contributed by atoms with E-state index in [1.54, 1.807) is 7.11 Å². The van der Waals surface area contributed by atoms with Crippen molar-refractivity contribution in [3.8, 4) is 5.75 Å². The van der Waals surface area contributed by atoms with Crippen molar-refractivity contribution in [2.45, 2.75) is 19.4 Å². The number of benzene rings is 2. The van der Waals surface area contributed by atoms with E-state index in [1.807, 2.05) is 24.5 Å². The summed E-state index contributed by atoms with van der Waals surface area (Å²) >= 11 is 0. The van der Waals surface area contributed by atoms with Crippen LogP contribution < -0.4 is 4.74 Å². The van der Waals surface area contributed by atoms with Gasteiger partial charge in [-0.05, 0) is 29.7 Å². The Labute approximate surface area is 130 Å². The highest BCUT2D eigenvalue weighted by atomic mass is 16.5. The molecule has 0 amide bonds. The molecule has 0 N–H and O–H groups in total. The fourth-order valence-corrected chi connectivity index (χ4v) is 2.42. The highest BCUT2D eigenvalue weighted by molar-refractivity contribution is 5.28. The van der Waals surface area contributed by atoms with Crippen LogP contribution in [-0.2, 0) is 19.4 Å². The van der Waals surface area contributed by atoms with E-state index in [4.69, 9.17) is 4.74 Å². The molecule has 2 aromatic carbocycles. The molecule has 0 aliphatic heterocycles. The van der Waals surface area contributed by atoms with Crippen molar-refractivity contribution in [3.05, 3.63) is 77.9 Å². The minimum Gasteiger partial charge on any atom is -0.497 e. The zero-order chi connectivity index (χ0) is 15.2. The van der Waals surface area contributed by atoms with Gasteiger partial charge in [0.05, 0.1) is 7.11 Å².